The van der Waals surface area contributed by atoms with Gasteiger partial charge in [-0.3, -0.25) is 9.58 Å². The van der Waals surface area contributed by atoms with Crippen LogP contribution < -0.4 is 0 Å². The molecule has 0 aromatic carbocycles. The third kappa shape index (κ3) is 4.26. The van der Waals surface area contributed by atoms with Crippen LogP contribution in [-0.4, -0.2) is 56.7 Å². The van der Waals surface area contributed by atoms with Crippen molar-refractivity contribution in [1.82, 2.24) is 24.6 Å². The van der Waals surface area contributed by atoms with E-state index in [1.54, 1.807) is 11.8 Å². The maximum absolute atomic E-state index is 5.50. The van der Waals surface area contributed by atoms with Crippen LogP contribution in [0.1, 0.15) is 35.5 Å². The topological polar surface area (TPSA) is 56.1 Å². The van der Waals surface area contributed by atoms with Gasteiger partial charge in [0.15, 0.2) is 5.16 Å². The summed E-state index contributed by atoms with van der Waals surface area (Å²) in [6.07, 6.45) is 3.81. The molecule has 7 heteroatoms. The van der Waals surface area contributed by atoms with Crippen LogP contribution in [0.3, 0.4) is 0 Å². The van der Waals surface area contributed by atoms with Gasteiger partial charge >= 0.3 is 0 Å². The summed E-state index contributed by atoms with van der Waals surface area (Å²) in [7, 11) is 1.95. The van der Waals surface area contributed by atoms with E-state index in [0.29, 0.717) is 0 Å². The van der Waals surface area contributed by atoms with Gasteiger partial charge in [-0.1, -0.05) is 30.5 Å². The number of nitrogens with zero attached hydrogens (tertiary/aromatic N) is 5. The van der Waals surface area contributed by atoms with E-state index in [2.05, 4.69) is 38.7 Å². The van der Waals surface area contributed by atoms with Gasteiger partial charge in [0.2, 0.25) is 0 Å². The minimum Gasteiger partial charge on any atom is -0.379 e. The predicted octanol–water partition coefficient (Wildman–Crippen LogP) is 2.36. The van der Waals surface area contributed by atoms with Gasteiger partial charge in [0, 0.05) is 38.1 Å². The van der Waals surface area contributed by atoms with E-state index < -0.39 is 0 Å². The zero-order chi connectivity index (χ0) is 18.5. The number of thioether (sulfide) groups is 1. The Morgan fingerprint density at radius 2 is 1.92 bits per heavy atom. The predicted molar refractivity (Wildman–Crippen MR) is 103 cm³/mol. The van der Waals surface area contributed by atoms with E-state index in [1.165, 1.54) is 0 Å². The average molecular weight is 372 g/mol. The summed E-state index contributed by atoms with van der Waals surface area (Å²) in [5.74, 6) is 7.77. The Balaban J connectivity index is 1.92. The van der Waals surface area contributed by atoms with Crippen molar-refractivity contribution in [2.45, 2.75) is 32.0 Å². The quantitative estimate of drug-likeness (QED) is 0.467. The Morgan fingerprint density at radius 3 is 2.50 bits per heavy atom. The van der Waals surface area contributed by atoms with Crippen LogP contribution in [0.4, 0.5) is 0 Å². The molecule has 0 aliphatic carbocycles. The van der Waals surface area contributed by atoms with Crippen molar-refractivity contribution in [2.24, 2.45) is 7.05 Å². The number of hydrogen-bond acceptors (Lipinski definition) is 6. The van der Waals surface area contributed by atoms with Crippen molar-refractivity contribution in [3.63, 3.8) is 0 Å². The smallest absolute Gasteiger partial charge is 0.187 e. The molecular formula is C19H25N5OS. The molecule has 1 aliphatic heterocycles. The number of hydrogen-bond donors (Lipinski definition) is 0. The van der Waals surface area contributed by atoms with Gasteiger partial charge < -0.3 is 4.74 Å². The molecule has 2 aromatic heterocycles. The van der Waals surface area contributed by atoms with E-state index >= 15 is 0 Å². The molecule has 3 rings (SSSR count). The molecule has 0 radical (unpaired) electrons. The van der Waals surface area contributed by atoms with Crippen LogP contribution in [0, 0.1) is 25.7 Å². The summed E-state index contributed by atoms with van der Waals surface area (Å²) in [5, 5.41) is 5.27. The van der Waals surface area contributed by atoms with E-state index in [0.717, 1.165) is 59.7 Å². The standard InChI is InChI=1S/C19H25N5OS/c1-5-26-19-20-12-16(13-21-19)18(24-8-10-25-11-9-24)7-6-17-14(2)22-23(4)15(17)3/h12-13,18H,5,8-11H2,1-4H3. The number of rotatable bonds is 4. The lowest BCUT2D eigenvalue weighted by atomic mass is 10.1. The van der Waals surface area contributed by atoms with Crippen LogP contribution in [0.2, 0.25) is 0 Å². The van der Waals surface area contributed by atoms with Gasteiger partial charge in [-0.25, -0.2) is 9.97 Å². The molecule has 2 aromatic rings. The number of morpholine rings is 1. The molecule has 0 spiro atoms. The highest BCUT2D eigenvalue weighted by atomic mass is 32.2. The van der Waals surface area contributed by atoms with Gasteiger partial charge in [-0.2, -0.15) is 5.10 Å². The van der Waals surface area contributed by atoms with Crippen molar-refractivity contribution in [2.75, 3.05) is 32.1 Å². The normalized spacial score (nSPS) is 16.2. The molecule has 1 unspecified atom stereocenters. The Kier molecular flexibility index (Phi) is 6.30. The van der Waals surface area contributed by atoms with E-state index in [9.17, 15) is 0 Å². The summed E-state index contributed by atoms with van der Waals surface area (Å²) < 4.78 is 7.38. The van der Waals surface area contributed by atoms with E-state index in [4.69, 9.17) is 4.74 Å². The molecule has 0 N–H and O–H groups in total. The average Bonchev–Trinajstić information content (AvgIpc) is 2.90. The second-order valence-corrected chi connectivity index (χ2v) is 7.45. The molecule has 1 saturated heterocycles. The van der Waals surface area contributed by atoms with Gasteiger partial charge in [-0.15, -0.1) is 0 Å². The first-order valence-corrected chi connectivity index (χ1v) is 9.87. The van der Waals surface area contributed by atoms with Crippen molar-refractivity contribution < 1.29 is 4.74 Å². The zero-order valence-electron chi connectivity index (χ0n) is 15.8. The summed E-state index contributed by atoms with van der Waals surface area (Å²) in [5.41, 5.74) is 4.08. The Hall–Kier alpha value is -1.88. The van der Waals surface area contributed by atoms with Crippen LogP contribution >= 0.6 is 11.8 Å². The number of aromatic nitrogens is 4. The summed E-state index contributed by atoms with van der Waals surface area (Å²) in [6.45, 7) is 9.32. The second-order valence-electron chi connectivity index (χ2n) is 6.22. The highest BCUT2D eigenvalue weighted by Gasteiger charge is 2.22. The van der Waals surface area contributed by atoms with Gasteiger partial charge in [0.25, 0.3) is 0 Å². The molecule has 1 atom stereocenters. The fraction of sp³-hybridized carbons (Fsp3) is 0.526. The van der Waals surface area contributed by atoms with Gasteiger partial charge in [-0.05, 0) is 19.6 Å². The van der Waals surface area contributed by atoms with Crippen molar-refractivity contribution in [3.05, 3.63) is 34.9 Å². The van der Waals surface area contributed by atoms with Crippen LogP contribution in [0.15, 0.2) is 17.6 Å². The maximum Gasteiger partial charge on any atom is 0.187 e. The van der Waals surface area contributed by atoms with Crippen LogP contribution in [-0.2, 0) is 11.8 Å². The lowest BCUT2D eigenvalue weighted by molar-refractivity contribution is 0.0268. The monoisotopic (exact) mass is 371 g/mol. The van der Waals surface area contributed by atoms with Crippen molar-refractivity contribution in [1.29, 1.82) is 0 Å². The number of ether oxygens (including phenoxy) is 1. The lowest BCUT2D eigenvalue weighted by Gasteiger charge is -2.31. The Morgan fingerprint density at radius 1 is 1.23 bits per heavy atom. The lowest BCUT2D eigenvalue weighted by Crippen LogP contribution is -2.38. The minimum absolute atomic E-state index is 0.0430. The van der Waals surface area contributed by atoms with Crippen LogP contribution in [0.25, 0.3) is 0 Å². The first-order chi connectivity index (χ1) is 12.6. The molecule has 0 saturated carbocycles. The molecular weight excluding hydrogens is 346 g/mol. The third-order valence-corrected chi connectivity index (χ3v) is 5.25. The first kappa shape index (κ1) is 18.9. The molecule has 0 bridgehead atoms. The van der Waals surface area contributed by atoms with Gasteiger partial charge in [0.05, 0.1) is 30.2 Å². The minimum atomic E-state index is -0.0430. The molecule has 3 heterocycles. The molecule has 6 nitrogen and oxygen atoms in total. The fourth-order valence-corrected chi connectivity index (χ4v) is 3.50. The van der Waals surface area contributed by atoms with Crippen molar-refractivity contribution in [3.8, 4) is 11.8 Å². The molecule has 26 heavy (non-hydrogen) atoms. The maximum atomic E-state index is 5.50. The van der Waals surface area contributed by atoms with E-state index in [-0.39, 0.29) is 6.04 Å². The zero-order valence-corrected chi connectivity index (χ0v) is 16.6. The number of aryl methyl sites for hydroxylation is 2. The van der Waals surface area contributed by atoms with Gasteiger partial charge in [0.1, 0.15) is 6.04 Å². The molecule has 0 amide bonds. The fourth-order valence-electron chi connectivity index (χ4n) is 2.99. The summed E-state index contributed by atoms with van der Waals surface area (Å²) >= 11 is 1.65. The van der Waals surface area contributed by atoms with E-state index in [1.807, 2.05) is 38.0 Å². The molecule has 1 aliphatic rings. The molecule has 1 fully saturated rings. The summed E-state index contributed by atoms with van der Waals surface area (Å²) in [6, 6.07) is -0.0430. The highest BCUT2D eigenvalue weighted by Crippen LogP contribution is 2.22. The largest absolute Gasteiger partial charge is 0.379 e. The summed E-state index contributed by atoms with van der Waals surface area (Å²) in [4.78, 5) is 11.3. The highest BCUT2D eigenvalue weighted by molar-refractivity contribution is 7.99. The first-order valence-electron chi connectivity index (χ1n) is 8.88. The second kappa shape index (κ2) is 8.67. The SMILES string of the molecule is CCSc1ncc(C(C#Cc2c(C)nn(C)c2C)N2CCOCC2)cn1. The Labute approximate surface area is 159 Å². The van der Waals surface area contributed by atoms with Crippen molar-refractivity contribution >= 4 is 11.8 Å². The molecule has 138 valence electrons. The Bertz CT molecular complexity index is 800. The van der Waals surface area contributed by atoms with Crippen LogP contribution in [0.5, 0.6) is 0 Å². The third-order valence-electron chi connectivity index (χ3n) is 4.49.